The Hall–Kier alpha value is -2.14. The smallest absolute Gasteiger partial charge is 0.225 e. The van der Waals surface area contributed by atoms with Crippen molar-refractivity contribution >= 4 is 11.8 Å². The van der Waals surface area contributed by atoms with E-state index in [1.807, 2.05) is 25.4 Å². The second-order valence-electron chi connectivity index (χ2n) is 6.06. The lowest BCUT2D eigenvalue weighted by atomic mass is 10.1. The summed E-state index contributed by atoms with van der Waals surface area (Å²) in [6, 6.07) is 13.1. The highest BCUT2D eigenvalue weighted by molar-refractivity contribution is 5.45. The number of likely N-dealkylation sites (N-methyl/N-ethyl adjacent to an activating group) is 1. The van der Waals surface area contributed by atoms with Crippen LogP contribution in [0.15, 0.2) is 42.6 Å². The van der Waals surface area contributed by atoms with E-state index in [4.69, 9.17) is 4.98 Å². The first-order valence-corrected chi connectivity index (χ1v) is 8.33. The first kappa shape index (κ1) is 15.7. The Morgan fingerprint density at radius 2 is 2.09 bits per heavy atom. The summed E-state index contributed by atoms with van der Waals surface area (Å²) in [6.45, 7) is 4.19. The van der Waals surface area contributed by atoms with Gasteiger partial charge >= 0.3 is 0 Å². The van der Waals surface area contributed by atoms with Gasteiger partial charge in [0.05, 0.1) is 6.04 Å². The van der Waals surface area contributed by atoms with E-state index >= 15 is 0 Å². The molecule has 1 aromatic carbocycles. The van der Waals surface area contributed by atoms with Crippen LogP contribution in [-0.2, 0) is 0 Å². The minimum atomic E-state index is 0.179. The van der Waals surface area contributed by atoms with Crippen molar-refractivity contribution in [3.8, 4) is 0 Å². The third-order valence-corrected chi connectivity index (χ3v) is 4.40. The lowest BCUT2D eigenvalue weighted by Gasteiger charge is -2.26. The summed E-state index contributed by atoms with van der Waals surface area (Å²) in [4.78, 5) is 11.5. The molecule has 2 N–H and O–H groups in total. The van der Waals surface area contributed by atoms with E-state index < -0.39 is 0 Å². The van der Waals surface area contributed by atoms with Gasteiger partial charge in [-0.3, -0.25) is 0 Å². The van der Waals surface area contributed by atoms with Crippen LogP contribution >= 0.6 is 0 Å². The maximum Gasteiger partial charge on any atom is 0.225 e. The first-order valence-electron chi connectivity index (χ1n) is 8.33. The van der Waals surface area contributed by atoms with Crippen molar-refractivity contribution in [2.24, 2.45) is 0 Å². The van der Waals surface area contributed by atoms with Gasteiger partial charge in [-0.15, -0.1) is 0 Å². The average molecular weight is 311 g/mol. The van der Waals surface area contributed by atoms with Gasteiger partial charge in [0.2, 0.25) is 5.95 Å². The monoisotopic (exact) mass is 311 g/mol. The van der Waals surface area contributed by atoms with Crippen LogP contribution < -0.4 is 15.5 Å². The molecule has 1 fully saturated rings. The number of aromatic nitrogens is 2. The van der Waals surface area contributed by atoms with Crippen molar-refractivity contribution in [3.05, 3.63) is 48.2 Å². The summed E-state index contributed by atoms with van der Waals surface area (Å²) >= 11 is 0. The van der Waals surface area contributed by atoms with Gasteiger partial charge in [-0.05, 0) is 38.4 Å². The molecular formula is C18H25N5. The number of rotatable bonds is 6. The average Bonchev–Trinajstić information content (AvgIpc) is 3.04. The molecule has 0 spiro atoms. The Bertz CT molecular complexity index is 616. The summed E-state index contributed by atoms with van der Waals surface area (Å²) in [5, 5.41) is 6.68. The quantitative estimate of drug-likeness (QED) is 0.859. The molecule has 2 atom stereocenters. The molecule has 1 saturated heterocycles. The Morgan fingerprint density at radius 1 is 1.26 bits per heavy atom. The van der Waals surface area contributed by atoms with Crippen molar-refractivity contribution in [3.63, 3.8) is 0 Å². The zero-order chi connectivity index (χ0) is 16.1. The molecule has 1 aliphatic heterocycles. The predicted molar refractivity (Wildman–Crippen MR) is 94.8 cm³/mol. The summed E-state index contributed by atoms with van der Waals surface area (Å²) < 4.78 is 0. The maximum absolute atomic E-state index is 4.73. The zero-order valence-corrected chi connectivity index (χ0v) is 13.9. The molecular weight excluding hydrogens is 286 g/mol. The van der Waals surface area contributed by atoms with Gasteiger partial charge in [0.15, 0.2) is 0 Å². The molecule has 0 amide bonds. The van der Waals surface area contributed by atoms with Crippen LogP contribution in [0.3, 0.4) is 0 Å². The maximum atomic E-state index is 4.73. The third kappa shape index (κ3) is 3.79. The molecule has 23 heavy (non-hydrogen) atoms. The van der Waals surface area contributed by atoms with Crippen molar-refractivity contribution in [2.75, 3.05) is 30.4 Å². The van der Waals surface area contributed by atoms with E-state index in [1.54, 1.807) is 0 Å². The van der Waals surface area contributed by atoms with Gasteiger partial charge in [0.1, 0.15) is 5.82 Å². The summed E-state index contributed by atoms with van der Waals surface area (Å²) in [6.07, 6.45) is 4.28. The van der Waals surface area contributed by atoms with Crippen LogP contribution in [0.25, 0.3) is 0 Å². The van der Waals surface area contributed by atoms with Crippen LogP contribution in [0.2, 0.25) is 0 Å². The van der Waals surface area contributed by atoms with Crippen LogP contribution in [0.4, 0.5) is 11.8 Å². The van der Waals surface area contributed by atoms with E-state index in [-0.39, 0.29) is 6.04 Å². The van der Waals surface area contributed by atoms with Gasteiger partial charge in [0.25, 0.3) is 0 Å². The molecule has 3 rings (SSSR count). The van der Waals surface area contributed by atoms with Crippen LogP contribution in [0.5, 0.6) is 0 Å². The van der Waals surface area contributed by atoms with E-state index in [0.717, 1.165) is 18.9 Å². The summed E-state index contributed by atoms with van der Waals surface area (Å²) in [5.41, 5.74) is 1.23. The lowest BCUT2D eigenvalue weighted by Crippen LogP contribution is -2.37. The second kappa shape index (κ2) is 7.42. The third-order valence-electron chi connectivity index (χ3n) is 4.40. The van der Waals surface area contributed by atoms with Crippen LogP contribution in [0.1, 0.15) is 31.4 Å². The highest BCUT2D eigenvalue weighted by Gasteiger charge is 2.25. The SMILES string of the molecule is CNCC1CCCN1c1ccnc(NC(C)c2ccccc2)n1. The molecule has 1 aliphatic rings. The molecule has 2 aromatic rings. The second-order valence-corrected chi connectivity index (χ2v) is 6.06. The highest BCUT2D eigenvalue weighted by atomic mass is 15.3. The molecule has 1 aromatic heterocycles. The molecule has 0 radical (unpaired) electrons. The first-order chi connectivity index (χ1) is 11.3. The normalized spacial score (nSPS) is 18.9. The molecule has 0 bridgehead atoms. The highest BCUT2D eigenvalue weighted by Crippen LogP contribution is 2.24. The fourth-order valence-corrected chi connectivity index (χ4v) is 3.18. The summed E-state index contributed by atoms with van der Waals surface area (Å²) in [7, 11) is 2.00. The number of hydrogen-bond acceptors (Lipinski definition) is 5. The van der Waals surface area contributed by atoms with E-state index in [2.05, 4.69) is 51.7 Å². The number of nitrogens with zero attached hydrogens (tertiary/aromatic N) is 3. The topological polar surface area (TPSA) is 53.1 Å². The van der Waals surface area contributed by atoms with Gasteiger partial charge in [-0.25, -0.2) is 4.98 Å². The fraction of sp³-hybridized carbons (Fsp3) is 0.444. The van der Waals surface area contributed by atoms with Crippen LogP contribution in [0, 0.1) is 0 Å². The largest absolute Gasteiger partial charge is 0.352 e. The molecule has 5 heteroatoms. The molecule has 0 aliphatic carbocycles. The van der Waals surface area contributed by atoms with E-state index in [0.29, 0.717) is 12.0 Å². The number of anilines is 2. The van der Waals surface area contributed by atoms with E-state index in [9.17, 15) is 0 Å². The standard InChI is InChI=1S/C18H25N5/c1-14(15-7-4-3-5-8-15)21-18-20-11-10-17(22-18)23-12-6-9-16(23)13-19-2/h3-5,7-8,10-11,14,16,19H,6,9,12-13H2,1-2H3,(H,20,21,22). The molecule has 2 unspecified atom stereocenters. The predicted octanol–water partition coefficient (Wildman–Crippen LogP) is 2.84. The minimum absolute atomic E-state index is 0.179. The molecule has 122 valence electrons. The molecule has 2 heterocycles. The van der Waals surface area contributed by atoms with Gasteiger partial charge < -0.3 is 15.5 Å². The summed E-state index contributed by atoms with van der Waals surface area (Å²) in [5.74, 6) is 1.70. The molecule has 0 saturated carbocycles. The Balaban J connectivity index is 1.72. The molecule has 5 nitrogen and oxygen atoms in total. The lowest BCUT2D eigenvalue weighted by molar-refractivity contribution is 0.611. The fourth-order valence-electron chi connectivity index (χ4n) is 3.18. The zero-order valence-electron chi connectivity index (χ0n) is 13.9. The number of hydrogen-bond donors (Lipinski definition) is 2. The van der Waals surface area contributed by atoms with Crippen molar-refractivity contribution in [1.29, 1.82) is 0 Å². The Kier molecular flexibility index (Phi) is 5.08. The number of nitrogens with one attached hydrogen (secondary N) is 2. The minimum Gasteiger partial charge on any atom is -0.352 e. The van der Waals surface area contributed by atoms with Gasteiger partial charge in [-0.2, -0.15) is 4.98 Å². The van der Waals surface area contributed by atoms with Crippen molar-refractivity contribution < 1.29 is 0 Å². The van der Waals surface area contributed by atoms with Crippen molar-refractivity contribution in [1.82, 2.24) is 15.3 Å². The van der Waals surface area contributed by atoms with Gasteiger partial charge in [-0.1, -0.05) is 30.3 Å². The Labute approximate surface area is 138 Å². The van der Waals surface area contributed by atoms with Crippen molar-refractivity contribution in [2.45, 2.75) is 31.8 Å². The van der Waals surface area contributed by atoms with E-state index in [1.165, 1.54) is 18.4 Å². The number of benzene rings is 1. The van der Waals surface area contributed by atoms with Crippen LogP contribution in [-0.4, -0.2) is 36.1 Å². The Morgan fingerprint density at radius 3 is 2.87 bits per heavy atom. The van der Waals surface area contributed by atoms with Gasteiger partial charge in [0, 0.05) is 25.3 Å².